The lowest BCUT2D eigenvalue weighted by molar-refractivity contribution is -0.170. The lowest BCUT2D eigenvalue weighted by Gasteiger charge is -2.24. The number of nitrogens with zero attached hydrogens (tertiary/aromatic N) is 1. The lowest BCUT2D eigenvalue weighted by Crippen LogP contribution is -2.44. The first-order valence-corrected chi connectivity index (χ1v) is 5.60. The topological polar surface area (TPSA) is 47.9 Å². The molecule has 0 bridgehead atoms. The molecular formula is C12H17NO3. The van der Waals surface area contributed by atoms with Crippen molar-refractivity contribution in [3.63, 3.8) is 0 Å². The van der Waals surface area contributed by atoms with Crippen molar-refractivity contribution in [1.82, 2.24) is 0 Å². The maximum absolute atomic E-state index is 12.0. The molecule has 1 fully saturated rings. The Bertz CT molecular complexity index is 361. The molecule has 1 saturated carbocycles. The average molecular weight is 223 g/mol. The largest absolute Gasteiger partial charge is 0.458 e. The van der Waals surface area contributed by atoms with E-state index in [-0.39, 0.29) is 18.5 Å². The van der Waals surface area contributed by atoms with Crippen LogP contribution in [0.25, 0.3) is 0 Å². The minimum atomic E-state index is -0.834. The highest BCUT2D eigenvalue weighted by Crippen LogP contribution is 2.44. The fourth-order valence-electron chi connectivity index (χ4n) is 2.44. The number of carbonyl (C=O) groups is 1. The monoisotopic (exact) mass is 223 g/mol. The second-order valence-corrected chi connectivity index (χ2v) is 4.69. The summed E-state index contributed by atoms with van der Waals surface area (Å²) < 4.78 is 5.20. The van der Waals surface area contributed by atoms with Gasteiger partial charge in [-0.25, -0.2) is 4.79 Å². The van der Waals surface area contributed by atoms with Gasteiger partial charge >= 0.3 is 5.97 Å². The van der Waals surface area contributed by atoms with Crippen LogP contribution in [0.5, 0.6) is 0 Å². The van der Waals surface area contributed by atoms with Crippen LogP contribution in [-0.4, -0.2) is 23.9 Å². The van der Waals surface area contributed by atoms with Crippen molar-refractivity contribution in [2.75, 3.05) is 6.61 Å². The molecule has 88 valence electrons. The maximum atomic E-state index is 12.0. The number of hydrogen-bond donors (Lipinski definition) is 0. The van der Waals surface area contributed by atoms with Gasteiger partial charge in [0.2, 0.25) is 5.60 Å². The fourth-order valence-corrected chi connectivity index (χ4v) is 2.44. The fraction of sp³-hybridized carbons (Fsp3) is 0.667. The second kappa shape index (κ2) is 3.92. The number of esters is 1. The minimum absolute atomic E-state index is 0.102. The summed E-state index contributed by atoms with van der Waals surface area (Å²) in [7, 11) is 0. The van der Waals surface area contributed by atoms with Crippen LogP contribution in [0.2, 0.25) is 0 Å². The molecular weight excluding hydrogens is 206 g/mol. The Labute approximate surface area is 95.3 Å². The Balaban J connectivity index is 2.08. The van der Waals surface area contributed by atoms with Crippen LogP contribution < -0.4 is 0 Å². The van der Waals surface area contributed by atoms with Crippen molar-refractivity contribution in [3.8, 4) is 0 Å². The molecule has 0 radical (unpaired) electrons. The first kappa shape index (κ1) is 11.2. The summed E-state index contributed by atoms with van der Waals surface area (Å²) >= 11 is 0. The molecule has 1 aliphatic heterocycles. The highest BCUT2D eigenvalue weighted by molar-refractivity contribution is 5.95. The maximum Gasteiger partial charge on any atom is 0.354 e. The summed E-state index contributed by atoms with van der Waals surface area (Å²) in [4.78, 5) is 17.4. The molecule has 0 aromatic rings. The van der Waals surface area contributed by atoms with Crippen LogP contribution >= 0.6 is 0 Å². The van der Waals surface area contributed by atoms with E-state index >= 15 is 0 Å². The van der Waals surface area contributed by atoms with Crippen LogP contribution in [0.15, 0.2) is 17.3 Å². The molecule has 4 nitrogen and oxygen atoms in total. The van der Waals surface area contributed by atoms with Gasteiger partial charge in [-0.3, -0.25) is 0 Å². The number of fused-ring (bicyclic) bond motifs is 1. The van der Waals surface area contributed by atoms with Gasteiger partial charge < -0.3 is 9.57 Å². The first-order chi connectivity index (χ1) is 7.56. The van der Waals surface area contributed by atoms with E-state index in [0.29, 0.717) is 6.42 Å². The molecule has 0 aromatic heterocycles. The smallest absolute Gasteiger partial charge is 0.354 e. The summed E-state index contributed by atoms with van der Waals surface area (Å²) in [5, 5.41) is 3.93. The van der Waals surface area contributed by atoms with Gasteiger partial charge in [-0.15, -0.1) is 0 Å². The predicted molar refractivity (Wildman–Crippen MR) is 60.0 cm³/mol. The van der Waals surface area contributed by atoms with Crippen molar-refractivity contribution in [2.24, 2.45) is 11.1 Å². The van der Waals surface area contributed by atoms with Gasteiger partial charge in [0.25, 0.3) is 0 Å². The Morgan fingerprint density at radius 2 is 2.50 bits per heavy atom. The van der Waals surface area contributed by atoms with E-state index in [1.807, 2.05) is 13.8 Å². The Morgan fingerprint density at radius 3 is 3.19 bits per heavy atom. The highest BCUT2D eigenvalue weighted by Gasteiger charge is 2.57. The Hall–Kier alpha value is -1.32. The molecule has 2 aliphatic rings. The third-order valence-electron chi connectivity index (χ3n) is 3.26. The van der Waals surface area contributed by atoms with Crippen molar-refractivity contribution in [1.29, 1.82) is 0 Å². The van der Waals surface area contributed by atoms with Crippen LogP contribution in [0.3, 0.4) is 0 Å². The van der Waals surface area contributed by atoms with Gasteiger partial charge in [0.05, 0.1) is 11.6 Å². The van der Waals surface area contributed by atoms with Crippen molar-refractivity contribution >= 4 is 11.7 Å². The molecule has 2 unspecified atom stereocenters. The van der Waals surface area contributed by atoms with E-state index in [0.717, 1.165) is 24.1 Å². The van der Waals surface area contributed by atoms with E-state index in [2.05, 4.69) is 11.7 Å². The zero-order valence-electron chi connectivity index (χ0n) is 9.78. The number of ether oxygens (including phenoxy) is 1. The molecule has 16 heavy (non-hydrogen) atoms. The molecule has 0 spiro atoms. The molecule has 2 atom stereocenters. The Kier molecular flexibility index (Phi) is 2.74. The van der Waals surface area contributed by atoms with E-state index in [1.54, 1.807) is 0 Å². The molecule has 0 aromatic carbocycles. The number of carbonyl (C=O) groups excluding carboxylic acids is 1. The summed E-state index contributed by atoms with van der Waals surface area (Å²) in [6, 6.07) is 0. The standard InChI is InChI=1S/C12H17NO3/c1-8(2)7-15-11(14)12-6-4-5-10(12)9(3)13-16-12/h10H,1,4-7H2,2-3H3. The molecule has 1 heterocycles. The average Bonchev–Trinajstić information content (AvgIpc) is 2.77. The third kappa shape index (κ3) is 1.62. The first-order valence-electron chi connectivity index (χ1n) is 5.60. The predicted octanol–water partition coefficient (Wildman–Crippen LogP) is 2.05. The van der Waals surface area contributed by atoms with E-state index in [4.69, 9.17) is 9.57 Å². The normalized spacial score (nSPS) is 31.6. The molecule has 4 heteroatoms. The van der Waals surface area contributed by atoms with Gasteiger partial charge in [0.1, 0.15) is 6.61 Å². The quantitative estimate of drug-likeness (QED) is 0.543. The van der Waals surface area contributed by atoms with Gasteiger partial charge in [-0.05, 0) is 32.3 Å². The van der Waals surface area contributed by atoms with E-state index < -0.39 is 5.60 Å². The van der Waals surface area contributed by atoms with Crippen molar-refractivity contribution < 1.29 is 14.4 Å². The number of oxime groups is 1. The summed E-state index contributed by atoms with van der Waals surface area (Å²) in [5.41, 5.74) is 0.902. The highest BCUT2D eigenvalue weighted by atomic mass is 16.7. The minimum Gasteiger partial charge on any atom is -0.458 e. The van der Waals surface area contributed by atoms with E-state index in [1.165, 1.54) is 0 Å². The van der Waals surface area contributed by atoms with Gasteiger partial charge in [0, 0.05) is 6.42 Å². The van der Waals surface area contributed by atoms with Gasteiger partial charge in [-0.2, -0.15) is 0 Å². The van der Waals surface area contributed by atoms with E-state index in [9.17, 15) is 4.79 Å². The number of rotatable bonds is 3. The van der Waals surface area contributed by atoms with Crippen LogP contribution in [0.4, 0.5) is 0 Å². The molecule has 2 rings (SSSR count). The van der Waals surface area contributed by atoms with Crippen LogP contribution in [0.1, 0.15) is 33.1 Å². The number of hydrogen-bond acceptors (Lipinski definition) is 4. The lowest BCUT2D eigenvalue weighted by atomic mass is 9.88. The molecule has 0 amide bonds. The summed E-state index contributed by atoms with van der Waals surface area (Å²) in [5.74, 6) is -0.191. The van der Waals surface area contributed by atoms with Crippen molar-refractivity contribution in [3.05, 3.63) is 12.2 Å². The van der Waals surface area contributed by atoms with Crippen LogP contribution in [0, 0.1) is 5.92 Å². The SMILES string of the molecule is C=C(C)COC(=O)C12CCCC1C(C)=NO2. The van der Waals surface area contributed by atoms with Crippen molar-refractivity contribution in [2.45, 2.75) is 38.7 Å². The molecule has 1 aliphatic carbocycles. The van der Waals surface area contributed by atoms with Gasteiger partial charge in [0.15, 0.2) is 0 Å². The third-order valence-corrected chi connectivity index (χ3v) is 3.26. The second-order valence-electron chi connectivity index (χ2n) is 4.69. The summed E-state index contributed by atoms with van der Waals surface area (Å²) in [6.07, 6.45) is 2.64. The van der Waals surface area contributed by atoms with Gasteiger partial charge in [-0.1, -0.05) is 11.7 Å². The molecule has 0 saturated heterocycles. The molecule has 0 N–H and O–H groups in total. The zero-order chi connectivity index (χ0) is 11.8. The van der Waals surface area contributed by atoms with Crippen LogP contribution in [-0.2, 0) is 14.4 Å². The zero-order valence-corrected chi connectivity index (χ0v) is 9.78. The Morgan fingerprint density at radius 1 is 1.75 bits per heavy atom. The summed E-state index contributed by atoms with van der Waals surface area (Å²) in [6.45, 7) is 7.70.